The zero-order valence-corrected chi connectivity index (χ0v) is 12.5. The van der Waals surface area contributed by atoms with Crippen LogP contribution >= 0.6 is 0 Å². The van der Waals surface area contributed by atoms with E-state index in [9.17, 15) is 9.90 Å². The highest BCUT2D eigenvalue weighted by atomic mass is 16.3. The fourth-order valence-electron chi connectivity index (χ4n) is 1.97. The number of aliphatic hydroxyl groups excluding tert-OH is 1. The first-order chi connectivity index (χ1) is 9.93. The molecule has 6 heteroatoms. The van der Waals surface area contributed by atoms with E-state index in [0.717, 1.165) is 5.56 Å². The first-order valence-electron chi connectivity index (χ1n) is 6.79. The van der Waals surface area contributed by atoms with E-state index in [0.29, 0.717) is 17.8 Å². The second kappa shape index (κ2) is 6.05. The Bertz CT molecular complexity index is 660. The summed E-state index contributed by atoms with van der Waals surface area (Å²) < 4.78 is 1.39. The Morgan fingerprint density at radius 1 is 1.29 bits per heavy atom. The lowest BCUT2D eigenvalue weighted by molar-refractivity contribution is 0.272. The number of aliphatic hydroxyl groups is 1. The molecule has 2 heterocycles. The summed E-state index contributed by atoms with van der Waals surface area (Å²) in [6.45, 7) is 5.90. The van der Waals surface area contributed by atoms with Crippen LogP contribution in [0.3, 0.4) is 0 Å². The van der Waals surface area contributed by atoms with Gasteiger partial charge in [0.2, 0.25) is 0 Å². The van der Waals surface area contributed by atoms with Crippen LogP contribution in [0.4, 0.5) is 5.69 Å². The van der Waals surface area contributed by atoms with Gasteiger partial charge in [0, 0.05) is 18.9 Å². The number of nitrogens with one attached hydrogen (secondary N) is 1. The molecule has 0 bridgehead atoms. The fourth-order valence-corrected chi connectivity index (χ4v) is 1.97. The molecule has 2 rings (SSSR count). The number of hydrogen-bond acceptors (Lipinski definition) is 5. The van der Waals surface area contributed by atoms with E-state index < -0.39 is 5.54 Å². The molecule has 112 valence electrons. The summed E-state index contributed by atoms with van der Waals surface area (Å²) in [5.41, 5.74) is 1.22. The Hall–Kier alpha value is -2.21. The highest BCUT2D eigenvalue weighted by Gasteiger charge is 2.19. The van der Waals surface area contributed by atoms with Crippen LogP contribution in [0, 0.1) is 0 Å². The Labute approximate surface area is 123 Å². The molecule has 0 aliphatic rings. The summed E-state index contributed by atoms with van der Waals surface area (Å²) in [5, 5.41) is 16.8. The summed E-state index contributed by atoms with van der Waals surface area (Å²) in [4.78, 5) is 16.3. The van der Waals surface area contributed by atoms with Crippen molar-refractivity contribution >= 4 is 5.69 Å². The average molecular weight is 288 g/mol. The molecule has 0 aromatic carbocycles. The molecule has 0 radical (unpaired) electrons. The van der Waals surface area contributed by atoms with Crippen molar-refractivity contribution in [1.29, 1.82) is 0 Å². The van der Waals surface area contributed by atoms with Crippen molar-refractivity contribution in [2.75, 3.05) is 5.32 Å². The predicted molar refractivity (Wildman–Crippen MR) is 81.0 cm³/mol. The van der Waals surface area contributed by atoms with E-state index in [4.69, 9.17) is 0 Å². The molecule has 0 aliphatic carbocycles. The molecule has 0 unspecified atom stereocenters. The maximum absolute atomic E-state index is 12.4. The topological polar surface area (TPSA) is 80.0 Å². The zero-order chi connectivity index (χ0) is 15.5. The van der Waals surface area contributed by atoms with Gasteiger partial charge in [-0.1, -0.05) is 0 Å². The number of rotatable bonds is 4. The minimum Gasteiger partial charge on any atom is -0.391 e. The Balaban J connectivity index is 2.29. The Morgan fingerprint density at radius 3 is 2.52 bits per heavy atom. The normalized spacial score (nSPS) is 11.4. The first-order valence-corrected chi connectivity index (χ1v) is 6.79. The molecule has 0 aliphatic heterocycles. The van der Waals surface area contributed by atoms with Crippen LogP contribution in [0.2, 0.25) is 0 Å². The summed E-state index contributed by atoms with van der Waals surface area (Å²) in [7, 11) is 0. The average Bonchev–Trinajstić information content (AvgIpc) is 2.45. The molecule has 6 nitrogen and oxygen atoms in total. The van der Waals surface area contributed by atoms with Crippen molar-refractivity contribution in [3.63, 3.8) is 0 Å². The third-order valence-electron chi connectivity index (χ3n) is 3.10. The summed E-state index contributed by atoms with van der Waals surface area (Å²) in [6.07, 6.45) is 5.00. The van der Waals surface area contributed by atoms with Crippen molar-refractivity contribution in [2.24, 2.45) is 0 Å². The third-order valence-corrected chi connectivity index (χ3v) is 3.10. The summed E-state index contributed by atoms with van der Waals surface area (Å²) in [6, 6.07) is 3.77. The van der Waals surface area contributed by atoms with Gasteiger partial charge in [-0.25, -0.2) is 4.68 Å². The van der Waals surface area contributed by atoms with Crippen LogP contribution in [-0.4, -0.2) is 19.9 Å². The number of anilines is 1. The molecule has 2 aromatic rings. The van der Waals surface area contributed by atoms with Crippen molar-refractivity contribution in [3.8, 4) is 0 Å². The Kier molecular flexibility index (Phi) is 4.37. The van der Waals surface area contributed by atoms with E-state index in [-0.39, 0.29) is 12.2 Å². The maximum Gasteiger partial charge on any atom is 0.274 e. The predicted octanol–water partition coefficient (Wildman–Crippen LogP) is 1.50. The zero-order valence-electron chi connectivity index (χ0n) is 12.5. The van der Waals surface area contributed by atoms with Crippen LogP contribution in [0.5, 0.6) is 0 Å². The van der Waals surface area contributed by atoms with Gasteiger partial charge in [-0.2, -0.15) is 5.10 Å². The van der Waals surface area contributed by atoms with E-state index in [1.165, 1.54) is 4.68 Å². The second-order valence-corrected chi connectivity index (χ2v) is 5.79. The first kappa shape index (κ1) is 15.2. The number of hydrogen-bond donors (Lipinski definition) is 2. The van der Waals surface area contributed by atoms with E-state index in [1.54, 1.807) is 18.6 Å². The van der Waals surface area contributed by atoms with Gasteiger partial charge in [0.25, 0.3) is 5.56 Å². The molecule has 0 atom stereocenters. The summed E-state index contributed by atoms with van der Waals surface area (Å²) in [5.74, 6) is 0. The second-order valence-electron chi connectivity index (χ2n) is 5.79. The van der Waals surface area contributed by atoms with Gasteiger partial charge < -0.3 is 10.4 Å². The van der Waals surface area contributed by atoms with Gasteiger partial charge in [0.15, 0.2) is 0 Å². The van der Waals surface area contributed by atoms with Crippen LogP contribution in [-0.2, 0) is 18.7 Å². The highest BCUT2D eigenvalue weighted by Crippen LogP contribution is 2.15. The van der Waals surface area contributed by atoms with Gasteiger partial charge in [-0.15, -0.1) is 0 Å². The van der Waals surface area contributed by atoms with Crippen LogP contribution < -0.4 is 10.9 Å². The molecule has 2 aromatic heterocycles. The monoisotopic (exact) mass is 288 g/mol. The van der Waals surface area contributed by atoms with Crippen LogP contribution in [0.15, 0.2) is 35.5 Å². The molecule has 21 heavy (non-hydrogen) atoms. The smallest absolute Gasteiger partial charge is 0.274 e. The third kappa shape index (κ3) is 3.46. The summed E-state index contributed by atoms with van der Waals surface area (Å²) >= 11 is 0. The van der Waals surface area contributed by atoms with Crippen molar-refractivity contribution < 1.29 is 5.11 Å². The largest absolute Gasteiger partial charge is 0.391 e. The van der Waals surface area contributed by atoms with Gasteiger partial charge in [0.05, 0.1) is 29.6 Å². The van der Waals surface area contributed by atoms with Crippen molar-refractivity contribution in [1.82, 2.24) is 14.8 Å². The molecule has 0 amide bonds. The number of aromatic nitrogens is 3. The minimum absolute atomic E-state index is 0.273. The van der Waals surface area contributed by atoms with Gasteiger partial charge in [-0.3, -0.25) is 9.78 Å². The van der Waals surface area contributed by atoms with Crippen molar-refractivity contribution in [2.45, 2.75) is 39.5 Å². The quantitative estimate of drug-likeness (QED) is 0.891. The molecule has 2 N–H and O–H groups in total. The van der Waals surface area contributed by atoms with Crippen molar-refractivity contribution in [3.05, 3.63) is 52.2 Å². The standard InChI is InChI=1S/C15H20N4O2/c1-15(2,3)19-14(21)12(10-20)13(9-18-19)17-8-11-4-6-16-7-5-11/h4-7,9,17,20H,8,10H2,1-3H3. The fraction of sp³-hybridized carbons (Fsp3) is 0.400. The molecule has 0 spiro atoms. The lowest BCUT2D eigenvalue weighted by atomic mass is 10.1. The van der Waals surface area contributed by atoms with E-state index in [1.807, 2.05) is 32.9 Å². The maximum atomic E-state index is 12.4. The number of nitrogens with zero attached hydrogens (tertiary/aromatic N) is 3. The molecular weight excluding hydrogens is 268 g/mol. The minimum atomic E-state index is -0.426. The van der Waals surface area contributed by atoms with Gasteiger partial charge in [-0.05, 0) is 38.5 Å². The van der Waals surface area contributed by atoms with Crippen LogP contribution in [0.1, 0.15) is 31.9 Å². The molecular formula is C15H20N4O2. The molecule has 0 saturated heterocycles. The van der Waals surface area contributed by atoms with Gasteiger partial charge >= 0.3 is 0 Å². The van der Waals surface area contributed by atoms with Crippen LogP contribution in [0.25, 0.3) is 0 Å². The lowest BCUT2D eigenvalue weighted by Crippen LogP contribution is -2.38. The van der Waals surface area contributed by atoms with E-state index in [2.05, 4.69) is 15.4 Å². The molecule has 0 fully saturated rings. The SMILES string of the molecule is CC(C)(C)n1ncc(NCc2ccncc2)c(CO)c1=O. The molecule has 0 saturated carbocycles. The number of pyridine rings is 1. The van der Waals surface area contributed by atoms with Gasteiger partial charge in [0.1, 0.15) is 0 Å². The Morgan fingerprint density at radius 2 is 1.95 bits per heavy atom. The highest BCUT2D eigenvalue weighted by molar-refractivity contribution is 5.48. The van der Waals surface area contributed by atoms with E-state index >= 15 is 0 Å². The lowest BCUT2D eigenvalue weighted by Gasteiger charge is -2.22.